The van der Waals surface area contributed by atoms with E-state index in [0.29, 0.717) is 16.8 Å². The molecule has 0 saturated heterocycles. The van der Waals surface area contributed by atoms with Crippen LogP contribution in [0.15, 0.2) is 42.5 Å². The Hall–Kier alpha value is -3.67. The summed E-state index contributed by atoms with van der Waals surface area (Å²) in [5.74, 6) is -1.38. The molecule has 1 fully saturated rings. The summed E-state index contributed by atoms with van der Waals surface area (Å²) in [6.07, 6.45) is 0.112. The van der Waals surface area contributed by atoms with E-state index in [1.807, 2.05) is 0 Å². The van der Waals surface area contributed by atoms with Crippen LogP contribution in [0.2, 0.25) is 0 Å². The maximum atomic E-state index is 13.0. The molecule has 0 unspecified atom stereocenters. The molecule has 0 aromatic heterocycles. The number of carbonyl (C=O) groups excluding carboxylic acids is 3. The smallest absolute Gasteiger partial charge is 0.342 e. The number of phenols is 1. The number of amides is 2. The molecule has 0 heterocycles. The monoisotopic (exact) mass is 542 g/mol. The van der Waals surface area contributed by atoms with Gasteiger partial charge in [-0.1, -0.05) is 31.2 Å². The Morgan fingerprint density at radius 2 is 1.77 bits per heavy atom. The molecular weight excluding hydrogens is 504 g/mol. The minimum absolute atomic E-state index is 0.0793. The molecule has 7 N–H and O–H groups in total. The molecule has 0 bridgehead atoms. The molecule has 2 aromatic rings. The van der Waals surface area contributed by atoms with Gasteiger partial charge in [0.25, 0.3) is 0 Å². The fraction of sp³-hybridized carbons (Fsp3) is 0.464. The van der Waals surface area contributed by atoms with Gasteiger partial charge in [-0.25, -0.2) is 9.59 Å². The number of aryl methyl sites for hydroxylation is 1. The molecule has 1 saturated carbocycles. The predicted molar refractivity (Wildman–Crippen MR) is 146 cm³/mol. The number of Topliss-reactive ketones (excluding diaryl/α,β-unsaturated/α-hetero) is 1. The van der Waals surface area contributed by atoms with Gasteiger partial charge in [0.1, 0.15) is 23.5 Å². The molecule has 2 amide bonds. The molecular formula is C28H38N4O7. The van der Waals surface area contributed by atoms with E-state index in [4.69, 9.17) is 10.5 Å². The number of carbonyl (C=O) groups is 3. The Morgan fingerprint density at radius 1 is 1.13 bits per heavy atom. The van der Waals surface area contributed by atoms with E-state index in [2.05, 4.69) is 10.6 Å². The maximum Gasteiger partial charge on any atom is 0.342 e. The van der Waals surface area contributed by atoms with Crippen molar-refractivity contribution in [3.8, 4) is 5.75 Å². The minimum atomic E-state index is -2.25. The lowest BCUT2D eigenvalue weighted by molar-refractivity contribution is -0.172. The van der Waals surface area contributed by atoms with Crippen LogP contribution in [0.5, 0.6) is 5.75 Å². The second kappa shape index (κ2) is 10.8. The maximum absolute atomic E-state index is 13.0. The number of anilines is 1. The summed E-state index contributed by atoms with van der Waals surface area (Å²) < 4.78 is 5.50. The summed E-state index contributed by atoms with van der Waals surface area (Å²) in [4.78, 5) is 39.1. The Balaban J connectivity index is 2.09. The molecule has 5 atom stereocenters. The zero-order valence-electron chi connectivity index (χ0n) is 23.1. The largest absolute Gasteiger partial charge is 0.507 e. The molecule has 0 spiro atoms. The predicted octanol–water partition coefficient (Wildman–Crippen LogP) is 1.78. The number of esters is 1. The number of nitrogens with two attached hydrogens (primary N) is 1. The normalized spacial score (nSPS) is 28.0. The van der Waals surface area contributed by atoms with E-state index < -0.39 is 47.4 Å². The van der Waals surface area contributed by atoms with Gasteiger partial charge < -0.3 is 41.3 Å². The van der Waals surface area contributed by atoms with E-state index in [-0.39, 0.29) is 23.5 Å². The van der Waals surface area contributed by atoms with Gasteiger partial charge in [0.2, 0.25) is 0 Å². The number of aliphatic hydroxyl groups is 2. The number of urea groups is 1. The van der Waals surface area contributed by atoms with Gasteiger partial charge in [0.15, 0.2) is 11.4 Å². The number of ether oxygens (including phenoxy) is 1. The second-order valence-electron chi connectivity index (χ2n) is 10.5. The third-order valence-electron chi connectivity index (χ3n) is 7.92. The fourth-order valence-corrected chi connectivity index (χ4v) is 5.38. The average Bonchev–Trinajstić information content (AvgIpc) is 2.98. The Kier molecular flexibility index (Phi) is 8.30. The molecule has 11 nitrogen and oxygen atoms in total. The third-order valence-corrected chi connectivity index (χ3v) is 7.92. The van der Waals surface area contributed by atoms with Gasteiger partial charge in [0, 0.05) is 25.3 Å². The lowest BCUT2D eigenvalue weighted by atomic mass is 9.74. The van der Waals surface area contributed by atoms with Gasteiger partial charge in [-0.3, -0.25) is 4.79 Å². The number of rotatable bonds is 8. The van der Waals surface area contributed by atoms with Crippen LogP contribution in [0.25, 0.3) is 0 Å². The van der Waals surface area contributed by atoms with Crippen molar-refractivity contribution < 1.29 is 34.4 Å². The van der Waals surface area contributed by atoms with Crippen LogP contribution in [0.3, 0.4) is 0 Å². The summed E-state index contributed by atoms with van der Waals surface area (Å²) in [5, 5.41) is 40.3. The van der Waals surface area contributed by atoms with E-state index in [0.717, 1.165) is 0 Å². The molecule has 1 aliphatic rings. The third kappa shape index (κ3) is 5.05. The Labute approximate surface area is 228 Å². The topological polar surface area (TPSA) is 174 Å². The highest BCUT2D eigenvalue weighted by Crippen LogP contribution is 2.49. The van der Waals surface area contributed by atoms with Crippen molar-refractivity contribution in [1.82, 2.24) is 10.2 Å². The zero-order chi connectivity index (χ0) is 29.3. The van der Waals surface area contributed by atoms with Crippen LogP contribution in [-0.2, 0) is 4.74 Å². The van der Waals surface area contributed by atoms with Crippen LogP contribution < -0.4 is 16.4 Å². The number of hydrogen-bond donors (Lipinski definition) is 6. The summed E-state index contributed by atoms with van der Waals surface area (Å²) in [6, 6.07) is 8.25. The number of phenolic OH excluding ortho intramolecular Hbond substituents is 1. The number of aromatic hydroxyl groups is 1. The van der Waals surface area contributed by atoms with Crippen LogP contribution in [0, 0.1) is 6.92 Å². The number of benzene rings is 2. The highest BCUT2D eigenvalue weighted by Gasteiger charge is 2.74. The van der Waals surface area contributed by atoms with Gasteiger partial charge in [-0.15, -0.1) is 0 Å². The van der Waals surface area contributed by atoms with Crippen molar-refractivity contribution >= 4 is 23.5 Å². The fourth-order valence-electron chi connectivity index (χ4n) is 5.38. The molecule has 11 heteroatoms. The molecule has 39 heavy (non-hydrogen) atoms. The minimum Gasteiger partial charge on any atom is -0.507 e. The van der Waals surface area contributed by atoms with Crippen LogP contribution in [-0.4, -0.2) is 87.5 Å². The first-order valence-electron chi connectivity index (χ1n) is 12.7. The number of hydrogen-bond acceptors (Lipinski definition) is 9. The lowest BCUT2D eigenvalue weighted by Gasteiger charge is -2.46. The van der Waals surface area contributed by atoms with E-state index in [1.165, 1.54) is 38.9 Å². The lowest BCUT2D eigenvalue weighted by Crippen LogP contribution is -2.72. The number of nitrogens with one attached hydrogen (secondary N) is 2. The highest BCUT2D eigenvalue weighted by molar-refractivity contribution is 5.95. The highest BCUT2D eigenvalue weighted by atomic mass is 16.5. The SMILES string of the molecule is CC[C@]1(NC(=O)N(C)C)[C@@H](N)[C@H](Nc2cccc(C(C)=O)c2)[C@](O)(COC(=O)c2c(C)cccc2O)[C@]1(C)O. The molecule has 0 aliphatic heterocycles. The van der Waals surface area contributed by atoms with Gasteiger partial charge in [-0.2, -0.15) is 0 Å². The Bertz CT molecular complexity index is 1240. The zero-order valence-corrected chi connectivity index (χ0v) is 23.1. The molecule has 0 radical (unpaired) electrons. The van der Waals surface area contributed by atoms with E-state index in [1.54, 1.807) is 50.2 Å². The number of ketones is 1. The van der Waals surface area contributed by atoms with Crippen LogP contribution in [0.1, 0.15) is 53.5 Å². The summed E-state index contributed by atoms with van der Waals surface area (Å²) in [7, 11) is 3.05. The van der Waals surface area contributed by atoms with Gasteiger partial charge >= 0.3 is 12.0 Å². The Morgan fingerprint density at radius 3 is 2.33 bits per heavy atom. The quantitative estimate of drug-likeness (QED) is 0.215. The first kappa shape index (κ1) is 29.9. The second-order valence-corrected chi connectivity index (χ2v) is 10.5. The van der Waals surface area contributed by atoms with Crippen molar-refractivity contribution in [3.05, 3.63) is 59.2 Å². The first-order valence-corrected chi connectivity index (χ1v) is 12.7. The summed E-state index contributed by atoms with van der Waals surface area (Å²) in [5.41, 5.74) is 1.97. The first-order chi connectivity index (χ1) is 18.1. The average molecular weight is 543 g/mol. The summed E-state index contributed by atoms with van der Waals surface area (Å²) >= 11 is 0. The van der Waals surface area contributed by atoms with Crippen molar-refractivity contribution in [2.45, 2.75) is 62.9 Å². The summed E-state index contributed by atoms with van der Waals surface area (Å²) in [6.45, 7) is 5.35. The molecule has 212 valence electrons. The van der Waals surface area contributed by atoms with E-state index in [9.17, 15) is 29.7 Å². The van der Waals surface area contributed by atoms with Crippen LogP contribution in [0.4, 0.5) is 10.5 Å². The van der Waals surface area contributed by atoms with Crippen molar-refractivity contribution in [2.75, 3.05) is 26.0 Å². The molecule has 1 aliphatic carbocycles. The number of nitrogens with zero attached hydrogens (tertiary/aromatic N) is 1. The van der Waals surface area contributed by atoms with Crippen LogP contribution >= 0.6 is 0 Å². The van der Waals surface area contributed by atoms with Crippen molar-refractivity contribution in [3.63, 3.8) is 0 Å². The van der Waals surface area contributed by atoms with Gasteiger partial charge in [0.05, 0.1) is 17.6 Å². The standard InChI is InChI=1S/C28H38N4O7/c1-7-27(31-25(36)32(5)6)22(29)23(30-19-12-9-11-18(14-19)17(3)33)28(38,26(27,4)37)15-39-24(35)21-16(2)10-8-13-20(21)34/h8-14,22-23,30,34,37-38H,7,15,29H2,1-6H3,(H,31,36)/t22-,23-,26+,27-,28+/m0/s1. The molecule has 2 aromatic carbocycles. The van der Waals surface area contributed by atoms with E-state index >= 15 is 0 Å². The van der Waals surface area contributed by atoms with Crippen molar-refractivity contribution in [2.24, 2.45) is 5.73 Å². The van der Waals surface area contributed by atoms with Gasteiger partial charge in [-0.05, 0) is 51.0 Å². The molecule has 3 rings (SSSR count). The van der Waals surface area contributed by atoms with Crippen molar-refractivity contribution in [1.29, 1.82) is 0 Å².